The van der Waals surface area contributed by atoms with Crippen LogP contribution in [0.5, 0.6) is 0 Å². The van der Waals surface area contributed by atoms with Gasteiger partial charge in [0.05, 0.1) is 6.54 Å². The summed E-state index contributed by atoms with van der Waals surface area (Å²) in [6.45, 7) is 1.64. The minimum absolute atomic E-state index is 0.784. The molecule has 1 aromatic carbocycles. The monoisotopic (exact) mass is 254 g/mol. The van der Waals surface area contributed by atoms with E-state index in [1.165, 1.54) is 16.5 Å². The molecule has 0 amide bonds. The van der Waals surface area contributed by atoms with Crippen molar-refractivity contribution in [3.63, 3.8) is 0 Å². The first-order valence-corrected chi connectivity index (χ1v) is 6.45. The molecule has 4 nitrogen and oxygen atoms in total. The number of fused-ring (bicyclic) bond motifs is 1. The van der Waals surface area contributed by atoms with Crippen LogP contribution in [0.25, 0.3) is 10.9 Å². The summed E-state index contributed by atoms with van der Waals surface area (Å²) < 4.78 is 4.21. The van der Waals surface area contributed by atoms with Crippen molar-refractivity contribution in [3.05, 3.63) is 54.2 Å². The van der Waals surface area contributed by atoms with Crippen molar-refractivity contribution in [3.8, 4) is 0 Å². The lowest BCUT2D eigenvalue weighted by Crippen LogP contribution is -2.15. The fraction of sp³-hybridized carbons (Fsp3) is 0.267. The Labute approximate surface area is 112 Å². The summed E-state index contributed by atoms with van der Waals surface area (Å²) in [6, 6.07) is 8.49. The molecule has 0 radical (unpaired) electrons. The number of hydrogen-bond acceptors (Lipinski definition) is 2. The van der Waals surface area contributed by atoms with Gasteiger partial charge in [0.25, 0.3) is 0 Å². The fourth-order valence-corrected chi connectivity index (χ4v) is 2.44. The number of imidazole rings is 1. The third kappa shape index (κ3) is 2.27. The Morgan fingerprint density at radius 1 is 1.11 bits per heavy atom. The molecule has 0 fully saturated rings. The maximum absolute atomic E-state index is 4.31. The summed E-state index contributed by atoms with van der Waals surface area (Å²) >= 11 is 0. The number of hydrogen-bond donors (Lipinski definition) is 1. The molecule has 19 heavy (non-hydrogen) atoms. The SMILES string of the molecule is Cn1ccnc1CNCc1cn(C)c2ccccc12. The van der Waals surface area contributed by atoms with Gasteiger partial charge in [-0.05, 0) is 11.6 Å². The van der Waals surface area contributed by atoms with E-state index in [0.29, 0.717) is 0 Å². The van der Waals surface area contributed by atoms with Crippen molar-refractivity contribution in [2.45, 2.75) is 13.1 Å². The van der Waals surface area contributed by atoms with Crippen LogP contribution in [0.3, 0.4) is 0 Å². The molecule has 98 valence electrons. The second-order valence-corrected chi connectivity index (χ2v) is 4.84. The number of nitrogens with zero attached hydrogens (tertiary/aromatic N) is 3. The van der Waals surface area contributed by atoms with E-state index in [-0.39, 0.29) is 0 Å². The normalized spacial score (nSPS) is 11.3. The largest absolute Gasteiger partial charge is 0.350 e. The third-order valence-electron chi connectivity index (χ3n) is 3.50. The van der Waals surface area contributed by atoms with Crippen molar-refractivity contribution < 1.29 is 0 Å². The van der Waals surface area contributed by atoms with Crippen LogP contribution in [0.2, 0.25) is 0 Å². The van der Waals surface area contributed by atoms with E-state index in [9.17, 15) is 0 Å². The van der Waals surface area contributed by atoms with Crippen LogP contribution < -0.4 is 5.32 Å². The smallest absolute Gasteiger partial charge is 0.122 e. The first-order valence-electron chi connectivity index (χ1n) is 6.45. The molecule has 0 aliphatic rings. The predicted octanol–water partition coefficient (Wildman–Crippen LogP) is 2.20. The van der Waals surface area contributed by atoms with E-state index in [2.05, 4.69) is 52.4 Å². The number of aryl methyl sites for hydroxylation is 2. The van der Waals surface area contributed by atoms with Gasteiger partial charge in [-0.1, -0.05) is 18.2 Å². The first-order chi connectivity index (χ1) is 9.25. The summed E-state index contributed by atoms with van der Waals surface area (Å²) in [6.07, 6.45) is 5.99. The van der Waals surface area contributed by atoms with Gasteiger partial charge in [0, 0.05) is 50.1 Å². The summed E-state index contributed by atoms with van der Waals surface area (Å²) in [5.74, 6) is 1.06. The number of aromatic nitrogens is 3. The molecule has 0 spiro atoms. The molecule has 3 aromatic rings. The van der Waals surface area contributed by atoms with Gasteiger partial charge in [-0.15, -0.1) is 0 Å². The standard InChI is InChI=1S/C15H18N4/c1-18-8-7-17-15(18)10-16-9-12-11-19(2)14-6-4-3-5-13(12)14/h3-8,11,16H,9-10H2,1-2H3. The van der Waals surface area contributed by atoms with Crippen LogP contribution in [0.4, 0.5) is 0 Å². The summed E-state index contributed by atoms with van der Waals surface area (Å²) in [4.78, 5) is 4.31. The summed E-state index contributed by atoms with van der Waals surface area (Å²) in [7, 11) is 4.10. The Kier molecular flexibility index (Phi) is 3.09. The predicted molar refractivity (Wildman–Crippen MR) is 76.7 cm³/mol. The number of para-hydroxylation sites is 1. The van der Waals surface area contributed by atoms with Gasteiger partial charge in [-0.25, -0.2) is 4.98 Å². The van der Waals surface area contributed by atoms with E-state index in [1.54, 1.807) is 0 Å². The lowest BCUT2D eigenvalue weighted by molar-refractivity contribution is 0.640. The molecular weight excluding hydrogens is 236 g/mol. The number of nitrogens with one attached hydrogen (secondary N) is 1. The summed E-state index contributed by atoms with van der Waals surface area (Å²) in [5.41, 5.74) is 2.60. The zero-order valence-electron chi connectivity index (χ0n) is 11.3. The molecule has 0 bridgehead atoms. The van der Waals surface area contributed by atoms with Crippen molar-refractivity contribution >= 4 is 10.9 Å². The second kappa shape index (κ2) is 4.90. The van der Waals surface area contributed by atoms with Crippen molar-refractivity contribution in [1.29, 1.82) is 0 Å². The van der Waals surface area contributed by atoms with Crippen molar-refractivity contribution in [2.75, 3.05) is 0 Å². The average Bonchev–Trinajstić information content (AvgIpc) is 2.96. The second-order valence-electron chi connectivity index (χ2n) is 4.84. The average molecular weight is 254 g/mol. The molecule has 4 heteroatoms. The van der Waals surface area contributed by atoms with E-state index in [0.717, 1.165) is 18.9 Å². The highest BCUT2D eigenvalue weighted by Gasteiger charge is 2.05. The molecule has 2 aromatic heterocycles. The molecular formula is C15H18N4. The maximum Gasteiger partial charge on any atom is 0.122 e. The van der Waals surface area contributed by atoms with Crippen molar-refractivity contribution in [1.82, 2.24) is 19.4 Å². The topological polar surface area (TPSA) is 34.8 Å². The van der Waals surface area contributed by atoms with Crippen LogP contribution in [-0.4, -0.2) is 14.1 Å². The Hall–Kier alpha value is -2.07. The van der Waals surface area contributed by atoms with Crippen molar-refractivity contribution in [2.24, 2.45) is 14.1 Å². The Morgan fingerprint density at radius 3 is 2.74 bits per heavy atom. The molecule has 2 heterocycles. The van der Waals surface area contributed by atoms with Crippen LogP contribution in [-0.2, 0) is 27.2 Å². The molecule has 0 aliphatic carbocycles. The molecule has 1 N–H and O–H groups in total. The highest BCUT2D eigenvalue weighted by molar-refractivity contribution is 5.83. The Balaban J connectivity index is 1.74. The van der Waals surface area contributed by atoms with Gasteiger partial charge in [0.15, 0.2) is 0 Å². The van der Waals surface area contributed by atoms with Gasteiger partial charge >= 0.3 is 0 Å². The fourth-order valence-electron chi connectivity index (χ4n) is 2.44. The zero-order chi connectivity index (χ0) is 13.2. The van der Waals surface area contributed by atoms with E-state index in [1.807, 2.05) is 24.0 Å². The van der Waals surface area contributed by atoms with Gasteiger partial charge < -0.3 is 14.5 Å². The number of benzene rings is 1. The molecule has 0 saturated carbocycles. The van der Waals surface area contributed by atoms with E-state index in [4.69, 9.17) is 0 Å². The van der Waals surface area contributed by atoms with Gasteiger partial charge in [-0.2, -0.15) is 0 Å². The van der Waals surface area contributed by atoms with Gasteiger partial charge in [0.1, 0.15) is 5.82 Å². The van der Waals surface area contributed by atoms with E-state index >= 15 is 0 Å². The Bertz CT molecular complexity index is 693. The van der Waals surface area contributed by atoms with Gasteiger partial charge in [-0.3, -0.25) is 0 Å². The molecule has 0 unspecified atom stereocenters. The molecule has 3 rings (SSSR count). The minimum Gasteiger partial charge on any atom is -0.350 e. The molecule has 0 saturated heterocycles. The number of rotatable bonds is 4. The highest BCUT2D eigenvalue weighted by Crippen LogP contribution is 2.19. The highest BCUT2D eigenvalue weighted by atomic mass is 15.1. The Morgan fingerprint density at radius 2 is 1.95 bits per heavy atom. The van der Waals surface area contributed by atoms with Crippen LogP contribution >= 0.6 is 0 Å². The van der Waals surface area contributed by atoms with Crippen LogP contribution in [0.1, 0.15) is 11.4 Å². The van der Waals surface area contributed by atoms with Gasteiger partial charge in [0.2, 0.25) is 0 Å². The lowest BCUT2D eigenvalue weighted by atomic mass is 10.2. The molecule has 0 atom stereocenters. The summed E-state index contributed by atoms with van der Waals surface area (Å²) in [5, 5.41) is 4.77. The van der Waals surface area contributed by atoms with Crippen LogP contribution in [0.15, 0.2) is 42.9 Å². The van der Waals surface area contributed by atoms with Crippen LogP contribution in [0, 0.1) is 0 Å². The maximum atomic E-state index is 4.31. The quantitative estimate of drug-likeness (QED) is 0.774. The molecule has 0 aliphatic heterocycles. The minimum atomic E-state index is 0.784. The zero-order valence-corrected chi connectivity index (χ0v) is 11.3. The van der Waals surface area contributed by atoms with E-state index < -0.39 is 0 Å². The first kappa shape index (κ1) is 12.0. The third-order valence-corrected chi connectivity index (χ3v) is 3.50. The lowest BCUT2D eigenvalue weighted by Gasteiger charge is -2.04.